The van der Waals surface area contributed by atoms with Crippen molar-refractivity contribution in [3.63, 3.8) is 0 Å². The summed E-state index contributed by atoms with van der Waals surface area (Å²) in [6, 6.07) is -0.861. The van der Waals surface area contributed by atoms with Gasteiger partial charge in [0.1, 0.15) is 12.1 Å². The predicted molar refractivity (Wildman–Crippen MR) is 89.5 cm³/mol. The number of hydrogen-bond acceptors (Lipinski definition) is 5. The first-order chi connectivity index (χ1) is 11.6. The minimum Gasteiger partial charge on any atom is -0.467 e. The molecule has 2 rings (SSSR count). The van der Waals surface area contributed by atoms with Gasteiger partial charge in [0.15, 0.2) is 9.84 Å². The maximum Gasteiger partial charge on any atom is 0.416 e. The average molecular weight is 376 g/mol. The Bertz CT molecular complexity index is 790. The summed E-state index contributed by atoms with van der Waals surface area (Å²) in [5.74, 6) is -0.190. The molecule has 2 aliphatic rings. The van der Waals surface area contributed by atoms with Gasteiger partial charge in [0.05, 0.1) is 21.8 Å². The minimum absolute atomic E-state index is 0.0186. The Morgan fingerprint density at radius 2 is 2.08 bits per heavy atom. The molecule has 2 unspecified atom stereocenters. The summed E-state index contributed by atoms with van der Waals surface area (Å²) in [4.78, 5) is 4.01. The van der Waals surface area contributed by atoms with Gasteiger partial charge in [-0.1, -0.05) is 26.0 Å². The Labute approximate surface area is 144 Å². The fourth-order valence-electron chi connectivity index (χ4n) is 2.50. The molecule has 0 bridgehead atoms. The van der Waals surface area contributed by atoms with Gasteiger partial charge in [-0.3, -0.25) is 0 Å². The molecule has 0 radical (unpaired) electrons. The molecule has 0 spiro atoms. The van der Waals surface area contributed by atoms with E-state index in [0.29, 0.717) is 6.42 Å². The molecule has 9 heteroatoms. The first-order valence-corrected chi connectivity index (χ1v) is 9.36. The molecule has 0 aromatic carbocycles. The lowest BCUT2D eigenvalue weighted by atomic mass is 10.0. The highest BCUT2D eigenvalue weighted by Gasteiger charge is 2.39. The van der Waals surface area contributed by atoms with Gasteiger partial charge in [-0.25, -0.2) is 13.4 Å². The summed E-state index contributed by atoms with van der Waals surface area (Å²) in [5, 5.41) is 0. The predicted octanol–water partition coefficient (Wildman–Crippen LogP) is 2.78. The van der Waals surface area contributed by atoms with Gasteiger partial charge in [-0.05, 0) is 18.6 Å². The van der Waals surface area contributed by atoms with Crippen molar-refractivity contribution in [3.8, 4) is 0 Å². The molecular weight excluding hydrogens is 357 g/mol. The second-order valence-electron chi connectivity index (χ2n) is 5.45. The second kappa shape index (κ2) is 7.07. The van der Waals surface area contributed by atoms with Gasteiger partial charge in [0, 0.05) is 6.20 Å². The second-order valence-corrected chi connectivity index (χ2v) is 7.69. The Morgan fingerprint density at radius 3 is 2.60 bits per heavy atom. The molecule has 0 fully saturated rings. The van der Waals surface area contributed by atoms with E-state index in [-0.39, 0.29) is 22.1 Å². The molecule has 25 heavy (non-hydrogen) atoms. The zero-order valence-electron chi connectivity index (χ0n) is 13.7. The molecule has 0 aromatic heterocycles. The Morgan fingerprint density at radius 1 is 1.40 bits per heavy atom. The van der Waals surface area contributed by atoms with E-state index in [2.05, 4.69) is 4.99 Å². The van der Waals surface area contributed by atoms with Crippen LogP contribution in [0.1, 0.15) is 20.3 Å². The monoisotopic (exact) mass is 376 g/mol. The topological polar surface area (TPSA) is 81.8 Å². The number of alkyl halides is 3. The SMILES string of the molecule is CC/C=C(C1=NC2C=C(C(F)(F)F)C=CC2O1)\C(=C/N)S(=O)(=O)CC. The molecule has 0 amide bonds. The van der Waals surface area contributed by atoms with Crippen LogP contribution in [0.2, 0.25) is 0 Å². The van der Waals surface area contributed by atoms with Crippen LogP contribution in [0.5, 0.6) is 0 Å². The van der Waals surface area contributed by atoms with Crippen molar-refractivity contribution >= 4 is 15.7 Å². The van der Waals surface area contributed by atoms with E-state index >= 15 is 0 Å². The number of ether oxygens (including phenoxy) is 1. The third kappa shape index (κ3) is 3.97. The number of sulfone groups is 1. The highest BCUT2D eigenvalue weighted by molar-refractivity contribution is 7.95. The lowest BCUT2D eigenvalue weighted by Gasteiger charge is -2.18. The quantitative estimate of drug-likeness (QED) is 0.748. The van der Waals surface area contributed by atoms with Crippen LogP contribution in [-0.2, 0) is 14.6 Å². The van der Waals surface area contributed by atoms with Crippen molar-refractivity contribution in [2.24, 2.45) is 10.7 Å². The van der Waals surface area contributed by atoms with Gasteiger partial charge >= 0.3 is 6.18 Å². The minimum atomic E-state index is -4.48. The number of halogens is 3. The van der Waals surface area contributed by atoms with Crippen LogP contribution < -0.4 is 5.73 Å². The third-order valence-electron chi connectivity index (χ3n) is 3.76. The summed E-state index contributed by atoms with van der Waals surface area (Å²) in [7, 11) is -3.64. The van der Waals surface area contributed by atoms with Crippen LogP contribution >= 0.6 is 0 Å². The number of nitrogens with zero attached hydrogens (tertiary/aromatic N) is 1. The van der Waals surface area contributed by atoms with E-state index in [1.807, 2.05) is 0 Å². The number of allylic oxidation sites excluding steroid dienone is 3. The van der Waals surface area contributed by atoms with Crippen LogP contribution in [-0.4, -0.2) is 38.4 Å². The maximum atomic E-state index is 12.8. The third-order valence-corrected chi connectivity index (χ3v) is 5.55. The standard InChI is InChI=1S/C16H19F3N2O3S/c1-3-5-11(14(9-20)25(22,23)4-2)15-21-12-8-10(16(17,18)19)6-7-13(12)24-15/h5-9,12-13H,3-4,20H2,1-2H3/b11-5+,14-9+. The first-order valence-electron chi connectivity index (χ1n) is 7.71. The molecule has 2 atom stereocenters. The van der Waals surface area contributed by atoms with Crippen LogP contribution in [0.15, 0.2) is 51.5 Å². The summed E-state index contributed by atoms with van der Waals surface area (Å²) in [6.07, 6.45) is 1.02. The summed E-state index contributed by atoms with van der Waals surface area (Å²) < 4.78 is 68.5. The van der Waals surface area contributed by atoms with Gasteiger partial charge in [0.25, 0.3) is 0 Å². The molecule has 1 aliphatic carbocycles. The molecule has 0 saturated heterocycles. The lowest BCUT2D eigenvalue weighted by Crippen LogP contribution is -2.25. The smallest absolute Gasteiger partial charge is 0.416 e. The highest BCUT2D eigenvalue weighted by atomic mass is 32.2. The summed E-state index contributed by atoms with van der Waals surface area (Å²) in [5.41, 5.74) is 4.86. The normalized spacial score (nSPS) is 24.5. The molecule has 2 N–H and O–H groups in total. The number of fused-ring (bicyclic) bond motifs is 1. The highest BCUT2D eigenvalue weighted by Crippen LogP contribution is 2.34. The van der Waals surface area contributed by atoms with Gasteiger partial charge < -0.3 is 10.5 Å². The van der Waals surface area contributed by atoms with E-state index in [0.717, 1.165) is 18.4 Å². The summed E-state index contributed by atoms with van der Waals surface area (Å²) in [6.45, 7) is 3.26. The Balaban J connectivity index is 2.42. The molecule has 138 valence electrons. The van der Waals surface area contributed by atoms with Gasteiger partial charge in [-0.15, -0.1) is 0 Å². The van der Waals surface area contributed by atoms with E-state index in [1.54, 1.807) is 13.0 Å². The number of rotatable bonds is 5. The van der Waals surface area contributed by atoms with Crippen LogP contribution in [0.3, 0.4) is 0 Å². The number of aliphatic imine (C=N–C) groups is 1. The molecule has 0 saturated carbocycles. The van der Waals surface area contributed by atoms with E-state index < -0.39 is 33.7 Å². The lowest BCUT2D eigenvalue weighted by molar-refractivity contribution is -0.0889. The van der Waals surface area contributed by atoms with Crippen molar-refractivity contribution in [1.29, 1.82) is 0 Å². The zero-order chi connectivity index (χ0) is 18.8. The molecule has 1 heterocycles. The van der Waals surface area contributed by atoms with Crippen molar-refractivity contribution in [2.75, 3.05) is 5.75 Å². The van der Waals surface area contributed by atoms with E-state index in [9.17, 15) is 21.6 Å². The van der Waals surface area contributed by atoms with Crippen LogP contribution in [0.25, 0.3) is 0 Å². The Hall–Kier alpha value is -2.03. The number of nitrogens with two attached hydrogens (primary N) is 1. The van der Waals surface area contributed by atoms with Crippen LogP contribution in [0, 0.1) is 0 Å². The fraction of sp³-hybridized carbons (Fsp3) is 0.438. The molecule has 1 aliphatic heterocycles. The van der Waals surface area contributed by atoms with Crippen molar-refractivity contribution in [3.05, 3.63) is 46.6 Å². The average Bonchev–Trinajstić information content (AvgIpc) is 2.96. The van der Waals surface area contributed by atoms with E-state index in [4.69, 9.17) is 10.5 Å². The maximum absolute atomic E-state index is 12.8. The fourth-order valence-corrected chi connectivity index (χ4v) is 3.52. The zero-order valence-corrected chi connectivity index (χ0v) is 14.6. The van der Waals surface area contributed by atoms with E-state index in [1.165, 1.54) is 13.0 Å². The number of hydrogen-bond donors (Lipinski definition) is 1. The summed E-state index contributed by atoms with van der Waals surface area (Å²) >= 11 is 0. The largest absolute Gasteiger partial charge is 0.467 e. The van der Waals surface area contributed by atoms with Crippen molar-refractivity contribution < 1.29 is 26.3 Å². The van der Waals surface area contributed by atoms with Crippen molar-refractivity contribution in [1.82, 2.24) is 0 Å². The Kier molecular flexibility index (Phi) is 5.46. The molecular formula is C16H19F3N2O3S. The van der Waals surface area contributed by atoms with Crippen molar-refractivity contribution in [2.45, 2.75) is 38.6 Å². The molecule has 5 nitrogen and oxygen atoms in total. The van der Waals surface area contributed by atoms with Gasteiger partial charge in [0.2, 0.25) is 5.90 Å². The van der Waals surface area contributed by atoms with Gasteiger partial charge in [-0.2, -0.15) is 13.2 Å². The first kappa shape index (κ1) is 19.3. The molecule has 0 aromatic rings. The van der Waals surface area contributed by atoms with Crippen LogP contribution in [0.4, 0.5) is 13.2 Å².